The van der Waals surface area contributed by atoms with Crippen molar-refractivity contribution < 1.29 is 9.53 Å². The molecule has 0 aliphatic carbocycles. The highest BCUT2D eigenvalue weighted by Crippen LogP contribution is 2.26. The van der Waals surface area contributed by atoms with Crippen LogP contribution in [0.4, 0.5) is 0 Å². The molecule has 24 heavy (non-hydrogen) atoms. The fraction of sp³-hybridized carbons (Fsp3) is 0.625. The van der Waals surface area contributed by atoms with Gasteiger partial charge in [0.2, 0.25) is 5.91 Å². The van der Waals surface area contributed by atoms with Crippen molar-refractivity contribution in [3.63, 3.8) is 0 Å². The molecule has 3 heterocycles. The first-order valence-corrected chi connectivity index (χ1v) is 8.94. The minimum atomic E-state index is -0.270. The van der Waals surface area contributed by atoms with Gasteiger partial charge in [-0.25, -0.2) is 9.97 Å². The largest absolute Gasteiger partial charge is 0.366 e. The fourth-order valence-corrected chi connectivity index (χ4v) is 3.44. The SMILES string of the molecule is Cc1nc(C2CN(C(=O)Cc3csc(C(C)(C)C)n3)CCO2)n[nH]1. The van der Waals surface area contributed by atoms with E-state index in [0.29, 0.717) is 31.9 Å². The van der Waals surface area contributed by atoms with Crippen molar-refractivity contribution in [2.75, 3.05) is 19.7 Å². The van der Waals surface area contributed by atoms with Gasteiger partial charge in [-0.3, -0.25) is 9.89 Å². The third-order valence-electron chi connectivity index (χ3n) is 3.85. The molecule has 130 valence electrons. The Hall–Kier alpha value is -1.80. The van der Waals surface area contributed by atoms with Crippen LogP contribution in [0.25, 0.3) is 0 Å². The van der Waals surface area contributed by atoms with E-state index in [2.05, 4.69) is 40.9 Å². The molecule has 0 saturated carbocycles. The quantitative estimate of drug-likeness (QED) is 0.916. The lowest BCUT2D eigenvalue weighted by Crippen LogP contribution is -2.43. The van der Waals surface area contributed by atoms with Gasteiger partial charge in [0.15, 0.2) is 5.82 Å². The summed E-state index contributed by atoms with van der Waals surface area (Å²) in [5.41, 5.74) is 0.853. The summed E-state index contributed by atoms with van der Waals surface area (Å²) in [6, 6.07) is 0. The Morgan fingerprint density at radius 3 is 2.88 bits per heavy atom. The van der Waals surface area contributed by atoms with Crippen molar-refractivity contribution in [3.05, 3.63) is 27.7 Å². The first-order chi connectivity index (χ1) is 11.3. The minimum Gasteiger partial charge on any atom is -0.366 e. The predicted octanol–water partition coefficient (Wildman–Crippen LogP) is 2.01. The summed E-state index contributed by atoms with van der Waals surface area (Å²) in [5, 5.41) is 9.99. The topological polar surface area (TPSA) is 84.0 Å². The summed E-state index contributed by atoms with van der Waals surface area (Å²) >= 11 is 1.61. The zero-order chi connectivity index (χ0) is 17.3. The monoisotopic (exact) mass is 349 g/mol. The molecular formula is C16H23N5O2S. The second-order valence-corrected chi connectivity index (χ2v) is 7.91. The minimum absolute atomic E-state index is 0.0134. The maximum atomic E-state index is 12.6. The van der Waals surface area contributed by atoms with Gasteiger partial charge in [-0.2, -0.15) is 5.10 Å². The molecule has 3 rings (SSSR count). The number of rotatable bonds is 3. The molecule has 7 nitrogen and oxygen atoms in total. The van der Waals surface area contributed by atoms with Gasteiger partial charge < -0.3 is 9.64 Å². The Bertz CT molecular complexity index is 718. The number of hydrogen-bond donors (Lipinski definition) is 1. The summed E-state index contributed by atoms with van der Waals surface area (Å²) in [5.74, 6) is 1.42. The lowest BCUT2D eigenvalue weighted by Gasteiger charge is -2.31. The molecule has 1 aliphatic heterocycles. The van der Waals surface area contributed by atoms with Crippen molar-refractivity contribution in [1.29, 1.82) is 0 Å². The summed E-state index contributed by atoms with van der Waals surface area (Å²) < 4.78 is 5.70. The molecule has 2 aromatic heterocycles. The van der Waals surface area contributed by atoms with Crippen LogP contribution in [0.5, 0.6) is 0 Å². The van der Waals surface area contributed by atoms with E-state index in [0.717, 1.165) is 16.5 Å². The van der Waals surface area contributed by atoms with Crippen LogP contribution in [-0.4, -0.2) is 50.7 Å². The Morgan fingerprint density at radius 1 is 1.46 bits per heavy atom. The summed E-state index contributed by atoms with van der Waals surface area (Å²) in [4.78, 5) is 23.3. The van der Waals surface area contributed by atoms with Crippen molar-refractivity contribution in [2.24, 2.45) is 0 Å². The average molecular weight is 349 g/mol. The highest BCUT2D eigenvalue weighted by atomic mass is 32.1. The van der Waals surface area contributed by atoms with Gasteiger partial charge in [-0.15, -0.1) is 11.3 Å². The molecule has 1 fully saturated rings. The fourth-order valence-electron chi connectivity index (χ4n) is 2.54. The van der Waals surface area contributed by atoms with Crippen molar-refractivity contribution >= 4 is 17.2 Å². The van der Waals surface area contributed by atoms with Crippen LogP contribution in [0.2, 0.25) is 0 Å². The molecule has 0 spiro atoms. The highest BCUT2D eigenvalue weighted by molar-refractivity contribution is 7.09. The van der Waals surface area contributed by atoms with Crippen LogP contribution < -0.4 is 0 Å². The van der Waals surface area contributed by atoms with E-state index in [1.54, 1.807) is 11.3 Å². The molecule has 1 N–H and O–H groups in total. The first kappa shape index (κ1) is 17.0. The zero-order valence-electron chi connectivity index (χ0n) is 14.5. The number of nitrogens with zero attached hydrogens (tertiary/aromatic N) is 4. The number of morpholine rings is 1. The van der Waals surface area contributed by atoms with Gasteiger partial charge in [0.1, 0.15) is 11.9 Å². The smallest absolute Gasteiger partial charge is 0.228 e. The molecule has 0 radical (unpaired) electrons. The number of aryl methyl sites for hydroxylation is 1. The summed E-state index contributed by atoms with van der Waals surface area (Å²) in [6.45, 7) is 9.79. The Kier molecular flexibility index (Phi) is 4.69. The lowest BCUT2D eigenvalue weighted by atomic mass is 9.98. The van der Waals surface area contributed by atoms with Crippen LogP contribution >= 0.6 is 11.3 Å². The standard InChI is InChI=1S/C16H23N5O2S/c1-10-17-14(20-19-10)12-8-21(5-6-23-12)13(22)7-11-9-24-15(18-11)16(2,3)4/h9,12H,5-8H2,1-4H3,(H,17,19,20). The third kappa shape index (κ3) is 3.81. The number of thiazole rings is 1. The number of aromatic nitrogens is 4. The van der Waals surface area contributed by atoms with E-state index in [1.165, 1.54) is 0 Å². The lowest BCUT2D eigenvalue weighted by molar-refractivity contribution is -0.138. The normalized spacial score (nSPS) is 18.8. The average Bonchev–Trinajstić information content (AvgIpc) is 3.16. The molecule has 1 unspecified atom stereocenters. The summed E-state index contributed by atoms with van der Waals surface area (Å²) in [6.07, 6.45) is 0.0555. The van der Waals surface area contributed by atoms with Crippen LogP contribution in [0.15, 0.2) is 5.38 Å². The van der Waals surface area contributed by atoms with E-state index in [9.17, 15) is 4.79 Å². The molecule has 1 amide bonds. The van der Waals surface area contributed by atoms with Gasteiger partial charge in [0, 0.05) is 17.3 Å². The number of aromatic amines is 1. The zero-order valence-corrected chi connectivity index (χ0v) is 15.3. The van der Waals surface area contributed by atoms with Crippen molar-refractivity contribution in [3.8, 4) is 0 Å². The third-order valence-corrected chi connectivity index (χ3v) is 5.16. The van der Waals surface area contributed by atoms with Gasteiger partial charge in [0.25, 0.3) is 0 Å². The van der Waals surface area contributed by atoms with Crippen LogP contribution in [0.1, 0.15) is 49.2 Å². The van der Waals surface area contributed by atoms with Crippen molar-refractivity contribution in [2.45, 2.75) is 45.6 Å². The molecule has 2 aromatic rings. The number of amides is 1. The Labute approximate surface area is 145 Å². The highest BCUT2D eigenvalue weighted by Gasteiger charge is 2.28. The number of carbonyl (C=O) groups excluding carboxylic acids is 1. The van der Waals surface area contributed by atoms with E-state index >= 15 is 0 Å². The second kappa shape index (κ2) is 6.60. The number of hydrogen-bond acceptors (Lipinski definition) is 6. The van der Waals surface area contributed by atoms with E-state index in [4.69, 9.17) is 4.74 Å². The second-order valence-electron chi connectivity index (χ2n) is 7.05. The van der Waals surface area contributed by atoms with E-state index in [-0.39, 0.29) is 17.4 Å². The van der Waals surface area contributed by atoms with Crippen LogP contribution in [0.3, 0.4) is 0 Å². The van der Waals surface area contributed by atoms with Gasteiger partial charge >= 0.3 is 0 Å². The van der Waals surface area contributed by atoms with Gasteiger partial charge in [-0.05, 0) is 6.92 Å². The Balaban J connectivity index is 1.63. The molecule has 0 aromatic carbocycles. The van der Waals surface area contributed by atoms with Crippen molar-refractivity contribution in [1.82, 2.24) is 25.1 Å². The number of H-pyrrole nitrogens is 1. The molecule has 1 saturated heterocycles. The van der Waals surface area contributed by atoms with E-state index in [1.807, 2.05) is 17.2 Å². The Morgan fingerprint density at radius 2 is 2.25 bits per heavy atom. The van der Waals surface area contributed by atoms with Gasteiger partial charge in [-0.1, -0.05) is 20.8 Å². The maximum Gasteiger partial charge on any atom is 0.228 e. The molecular weight excluding hydrogens is 326 g/mol. The van der Waals surface area contributed by atoms with E-state index < -0.39 is 0 Å². The summed E-state index contributed by atoms with van der Waals surface area (Å²) in [7, 11) is 0. The van der Waals surface area contributed by atoms with Crippen LogP contribution in [0, 0.1) is 6.92 Å². The maximum absolute atomic E-state index is 12.6. The number of nitrogens with one attached hydrogen (secondary N) is 1. The molecule has 0 bridgehead atoms. The number of ether oxygens (including phenoxy) is 1. The first-order valence-electron chi connectivity index (χ1n) is 8.06. The molecule has 8 heteroatoms. The number of carbonyl (C=O) groups is 1. The molecule has 1 aliphatic rings. The van der Waals surface area contributed by atoms with Crippen LogP contribution in [-0.2, 0) is 21.4 Å². The van der Waals surface area contributed by atoms with Gasteiger partial charge in [0.05, 0.1) is 30.3 Å². The molecule has 1 atom stereocenters. The predicted molar refractivity (Wildman–Crippen MR) is 90.9 cm³/mol.